The third-order valence-electron chi connectivity index (χ3n) is 2.68. The van der Waals surface area contributed by atoms with E-state index in [2.05, 4.69) is 15.6 Å². The maximum absolute atomic E-state index is 12.2. The minimum Gasteiger partial charge on any atom is -0.399 e. The van der Waals surface area contributed by atoms with Crippen molar-refractivity contribution < 1.29 is 8.42 Å². The fraction of sp³-hybridized carbons (Fsp3) is 0.231. The molecule has 1 aromatic carbocycles. The summed E-state index contributed by atoms with van der Waals surface area (Å²) in [6, 6.07) is 5.08. The maximum atomic E-state index is 12.2. The van der Waals surface area contributed by atoms with Crippen LogP contribution in [0, 0.1) is 12.3 Å². The normalized spacial score (nSPS) is 11.6. The Hall–Kier alpha value is -1.62. The van der Waals surface area contributed by atoms with Gasteiger partial charge in [0.05, 0.1) is 5.75 Å². The molecule has 0 saturated carbocycles. The van der Waals surface area contributed by atoms with Crippen LogP contribution < -0.4 is 10.5 Å². The number of hydrogen-bond donors (Lipinski definition) is 3. The number of sulfonamides is 1. The lowest BCUT2D eigenvalue weighted by Crippen LogP contribution is -2.25. The zero-order valence-electron chi connectivity index (χ0n) is 10.7. The molecule has 2 rings (SSSR count). The summed E-state index contributed by atoms with van der Waals surface area (Å²) < 4.78 is 27.0. The first-order chi connectivity index (χ1) is 9.54. The van der Waals surface area contributed by atoms with E-state index in [1.165, 1.54) is 18.0 Å². The largest absolute Gasteiger partial charge is 0.399 e. The van der Waals surface area contributed by atoms with Gasteiger partial charge in [0, 0.05) is 35.1 Å². The summed E-state index contributed by atoms with van der Waals surface area (Å²) in [7, 11) is -3.53. The molecule has 0 bridgehead atoms. The van der Waals surface area contributed by atoms with Gasteiger partial charge in [-0.1, -0.05) is 5.92 Å². The second kappa shape index (κ2) is 6.22. The molecule has 5 nitrogen and oxygen atoms in total. The van der Waals surface area contributed by atoms with Crippen LogP contribution in [0.2, 0.25) is 0 Å². The highest BCUT2D eigenvalue weighted by Gasteiger charge is 2.18. The van der Waals surface area contributed by atoms with Gasteiger partial charge in [-0.25, -0.2) is 13.1 Å². The molecule has 0 radical (unpaired) electrons. The van der Waals surface area contributed by atoms with Crippen molar-refractivity contribution >= 4 is 38.4 Å². The van der Waals surface area contributed by atoms with Crippen molar-refractivity contribution in [2.24, 2.45) is 0 Å². The third kappa shape index (κ3) is 3.28. The number of aromatic nitrogens is 1. The molecule has 0 atom stereocenters. The number of aromatic amines is 1. The number of fused-ring (bicyclic) bond motifs is 1. The van der Waals surface area contributed by atoms with Gasteiger partial charge in [-0.2, -0.15) is 0 Å². The molecule has 0 spiro atoms. The van der Waals surface area contributed by atoms with Crippen LogP contribution in [0.3, 0.4) is 0 Å². The van der Waals surface area contributed by atoms with Crippen molar-refractivity contribution in [3.05, 3.63) is 24.4 Å². The van der Waals surface area contributed by atoms with Crippen LogP contribution >= 0.6 is 11.8 Å². The molecule has 1 heterocycles. The molecule has 0 fully saturated rings. The van der Waals surface area contributed by atoms with Gasteiger partial charge in [-0.05, 0) is 18.2 Å². The minimum atomic E-state index is -3.53. The molecule has 0 aliphatic carbocycles. The lowest BCUT2D eigenvalue weighted by Gasteiger charge is -2.05. The van der Waals surface area contributed by atoms with Crippen molar-refractivity contribution in [1.82, 2.24) is 9.71 Å². The number of anilines is 1. The number of nitrogen functional groups attached to an aromatic ring is 1. The van der Waals surface area contributed by atoms with Crippen LogP contribution in [0.15, 0.2) is 29.3 Å². The van der Waals surface area contributed by atoms with E-state index in [1.807, 2.05) is 0 Å². The van der Waals surface area contributed by atoms with E-state index in [0.717, 1.165) is 0 Å². The second-order valence-corrected chi connectivity index (χ2v) is 6.95. The Morgan fingerprint density at radius 3 is 3.00 bits per heavy atom. The van der Waals surface area contributed by atoms with E-state index in [4.69, 9.17) is 12.2 Å². The number of thioether (sulfide) groups is 1. The summed E-state index contributed by atoms with van der Waals surface area (Å²) in [6.07, 6.45) is 6.60. The molecular formula is C13H15N3O2S2. The first kappa shape index (κ1) is 14.8. The van der Waals surface area contributed by atoms with E-state index in [9.17, 15) is 8.42 Å². The predicted octanol–water partition coefficient (Wildman–Crippen LogP) is 1.39. The quantitative estimate of drug-likeness (QED) is 0.427. The van der Waals surface area contributed by atoms with E-state index >= 15 is 0 Å². The van der Waals surface area contributed by atoms with Crippen LogP contribution in [0.4, 0.5) is 5.69 Å². The molecule has 0 unspecified atom stereocenters. The first-order valence-corrected chi connectivity index (χ1v) is 8.56. The number of nitrogens with two attached hydrogens (primary N) is 1. The summed E-state index contributed by atoms with van der Waals surface area (Å²) in [5.74, 6) is 3.71. The van der Waals surface area contributed by atoms with Gasteiger partial charge < -0.3 is 10.7 Å². The molecule has 7 heteroatoms. The standard InChI is InChI=1S/C13H15N3O2S2/c1-2-6-19-7-5-16-20(17,18)13-9-15-12-8-10(14)3-4-11(12)13/h1,3-4,8-9,15-16H,5-7,14H2. The molecule has 1 aromatic heterocycles. The van der Waals surface area contributed by atoms with Crippen molar-refractivity contribution in [3.8, 4) is 12.3 Å². The SMILES string of the molecule is C#CCSCCNS(=O)(=O)c1c[nH]c2cc(N)ccc12. The number of H-pyrrole nitrogens is 1. The van der Waals surface area contributed by atoms with Gasteiger partial charge in [-0.15, -0.1) is 18.2 Å². The zero-order chi connectivity index (χ0) is 14.6. The minimum absolute atomic E-state index is 0.231. The molecule has 4 N–H and O–H groups in total. The lowest BCUT2D eigenvalue weighted by molar-refractivity contribution is 0.585. The van der Waals surface area contributed by atoms with Crippen LogP contribution in [-0.4, -0.2) is 31.5 Å². The van der Waals surface area contributed by atoms with Gasteiger partial charge in [-0.3, -0.25) is 0 Å². The Bertz CT molecular complexity index is 745. The second-order valence-electron chi connectivity index (χ2n) is 4.11. The highest BCUT2D eigenvalue weighted by molar-refractivity contribution is 7.99. The van der Waals surface area contributed by atoms with E-state index < -0.39 is 10.0 Å². The van der Waals surface area contributed by atoms with E-state index in [1.54, 1.807) is 18.2 Å². The number of nitrogens with one attached hydrogen (secondary N) is 2. The van der Waals surface area contributed by atoms with Gasteiger partial charge in [0.15, 0.2) is 0 Å². The summed E-state index contributed by atoms with van der Waals surface area (Å²) in [5, 5.41) is 0.628. The zero-order valence-corrected chi connectivity index (χ0v) is 12.4. The van der Waals surface area contributed by atoms with E-state index in [-0.39, 0.29) is 4.90 Å². The molecular weight excluding hydrogens is 294 g/mol. The highest BCUT2D eigenvalue weighted by atomic mass is 32.2. The number of rotatable bonds is 6. The number of benzene rings is 1. The van der Waals surface area contributed by atoms with Gasteiger partial charge in [0.2, 0.25) is 10.0 Å². The molecule has 0 amide bonds. The lowest BCUT2D eigenvalue weighted by atomic mass is 10.2. The maximum Gasteiger partial charge on any atom is 0.242 e. The van der Waals surface area contributed by atoms with Crippen molar-refractivity contribution in [2.75, 3.05) is 23.8 Å². The summed E-state index contributed by atoms with van der Waals surface area (Å²) in [4.78, 5) is 3.15. The summed E-state index contributed by atoms with van der Waals surface area (Å²) in [6.45, 7) is 0.344. The Morgan fingerprint density at radius 2 is 2.25 bits per heavy atom. The van der Waals surface area contributed by atoms with Crippen molar-refractivity contribution in [1.29, 1.82) is 0 Å². The third-order valence-corrected chi connectivity index (χ3v) is 5.05. The van der Waals surface area contributed by atoms with Gasteiger partial charge >= 0.3 is 0 Å². The average Bonchev–Trinajstić information content (AvgIpc) is 2.82. The van der Waals surface area contributed by atoms with Crippen LogP contribution in [0.25, 0.3) is 10.9 Å². The van der Waals surface area contributed by atoms with Crippen LogP contribution in [0.1, 0.15) is 0 Å². The monoisotopic (exact) mass is 309 g/mol. The predicted molar refractivity (Wildman–Crippen MR) is 84.1 cm³/mol. The Kier molecular flexibility index (Phi) is 4.60. The first-order valence-electron chi connectivity index (χ1n) is 5.92. The smallest absolute Gasteiger partial charge is 0.242 e. The molecule has 0 aliphatic rings. The van der Waals surface area contributed by atoms with Gasteiger partial charge in [0.25, 0.3) is 0 Å². The Labute approximate surface area is 122 Å². The summed E-state index contributed by atoms with van der Waals surface area (Å²) >= 11 is 1.51. The van der Waals surface area contributed by atoms with Crippen LogP contribution in [-0.2, 0) is 10.0 Å². The van der Waals surface area contributed by atoms with Crippen LogP contribution in [0.5, 0.6) is 0 Å². The molecule has 2 aromatic rings. The highest BCUT2D eigenvalue weighted by Crippen LogP contribution is 2.24. The van der Waals surface area contributed by atoms with E-state index in [0.29, 0.717) is 34.6 Å². The van der Waals surface area contributed by atoms with Crippen molar-refractivity contribution in [3.63, 3.8) is 0 Å². The molecule has 0 saturated heterocycles. The average molecular weight is 309 g/mol. The van der Waals surface area contributed by atoms with Crippen molar-refractivity contribution in [2.45, 2.75) is 4.90 Å². The number of hydrogen-bond acceptors (Lipinski definition) is 4. The molecule has 0 aliphatic heterocycles. The fourth-order valence-corrected chi connectivity index (χ4v) is 3.64. The molecule has 106 valence electrons. The topological polar surface area (TPSA) is 88.0 Å². The number of terminal acetylenes is 1. The summed E-state index contributed by atoms with van der Waals surface area (Å²) in [5.41, 5.74) is 6.95. The fourth-order valence-electron chi connectivity index (χ4n) is 1.80. The Balaban J connectivity index is 2.14. The Morgan fingerprint density at radius 1 is 1.45 bits per heavy atom. The molecule has 20 heavy (non-hydrogen) atoms. The van der Waals surface area contributed by atoms with Gasteiger partial charge in [0.1, 0.15) is 4.90 Å².